The Balaban J connectivity index is 4.03. The lowest BCUT2D eigenvalue weighted by atomic mass is 9.85. The van der Waals surface area contributed by atoms with Crippen molar-refractivity contribution < 1.29 is 9.90 Å². The Hall–Kier alpha value is -0.570. The molecule has 0 aromatic carbocycles. The molecule has 0 saturated carbocycles. The zero-order valence-corrected chi connectivity index (χ0v) is 10.3. The molecule has 0 spiro atoms. The maximum absolute atomic E-state index is 10.9. The highest BCUT2D eigenvalue weighted by atomic mass is 16.4. The lowest BCUT2D eigenvalue weighted by Crippen LogP contribution is -2.46. The minimum atomic E-state index is -1.06. The highest BCUT2D eigenvalue weighted by Crippen LogP contribution is 2.23. The minimum absolute atomic E-state index is 0.447. The van der Waals surface area contributed by atoms with E-state index in [4.69, 9.17) is 10.8 Å². The molecule has 0 aliphatic heterocycles. The van der Waals surface area contributed by atoms with E-state index < -0.39 is 11.5 Å². The molecule has 0 bridgehead atoms. The molecule has 90 valence electrons. The molecule has 0 aromatic rings. The van der Waals surface area contributed by atoms with Crippen LogP contribution in [0.15, 0.2) is 0 Å². The average molecular weight is 215 g/mol. The fourth-order valence-corrected chi connectivity index (χ4v) is 1.82. The molecule has 0 amide bonds. The highest BCUT2D eigenvalue weighted by molar-refractivity contribution is 5.77. The molecule has 2 atom stereocenters. The molecule has 3 heteroatoms. The van der Waals surface area contributed by atoms with E-state index >= 15 is 0 Å². The predicted octanol–water partition coefficient (Wildman–Crippen LogP) is 2.79. The van der Waals surface area contributed by atoms with Gasteiger partial charge in [0.1, 0.15) is 5.54 Å². The first-order valence-corrected chi connectivity index (χ1v) is 5.96. The Morgan fingerprint density at radius 3 is 2.40 bits per heavy atom. The van der Waals surface area contributed by atoms with Crippen LogP contribution in [0.25, 0.3) is 0 Å². The molecule has 3 nitrogen and oxygen atoms in total. The van der Waals surface area contributed by atoms with E-state index in [1.807, 2.05) is 0 Å². The Labute approximate surface area is 93.0 Å². The second kappa shape index (κ2) is 6.83. The van der Waals surface area contributed by atoms with Crippen molar-refractivity contribution in [3.05, 3.63) is 0 Å². The van der Waals surface area contributed by atoms with Crippen molar-refractivity contribution in [1.29, 1.82) is 0 Å². The van der Waals surface area contributed by atoms with Crippen molar-refractivity contribution in [3.8, 4) is 0 Å². The second-order valence-corrected chi connectivity index (χ2v) is 4.70. The number of aliphatic carboxylic acids is 1. The van der Waals surface area contributed by atoms with Crippen LogP contribution in [0.4, 0.5) is 0 Å². The first kappa shape index (κ1) is 14.4. The number of hydrogen-bond donors (Lipinski definition) is 2. The summed E-state index contributed by atoms with van der Waals surface area (Å²) in [6, 6.07) is 0. The number of carbonyl (C=O) groups is 1. The van der Waals surface area contributed by atoms with Crippen molar-refractivity contribution in [2.75, 3.05) is 0 Å². The molecular weight excluding hydrogens is 190 g/mol. The van der Waals surface area contributed by atoms with Gasteiger partial charge in [0, 0.05) is 0 Å². The third kappa shape index (κ3) is 5.78. The summed E-state index contributed by atoms with van der Waals surface area (Å²) in [5.74, 6) is -0.445. The van der Waals surface area contributed by atoms with Gasteiger partial charge in [-0.15, -0.1) is 0 Å². The van der Waals surface area contributed by atoms with Gasteiger partial charge in [0.05, 0.1) is 0 Å². The van der Waals surface area contributed by atoms with E-state index in [-0.39, 0.29) is 0 Å². The van der Waals surface area contributed by atoms with E-state index in [2.05, 4.69) is 13.8 Å². The number of rotatable bonds is 8. The summed E-state index contributed by atoms with van der Waals surface area (Å²) in [6.45, 7) is 5.89. The summed E-state index contributed by atoms with van der Waals surface area (Å²) >= 11 is 0. The molecule has 0 radical (unpaired) electrons. The SMILES string of the molecule is CCCCCC(CC)CC(C)(N)C(=O)O. The third-order valence-electron chi connectivity index (χ3n) is 2.99. The molecule has 0 saturated heterocycles. The van der Waals surface area contributed by atoms with Crippen LogP contribution < -0.4 is 5.73 Å². The number of hydrogen-bond acceptors (Lipinski definition) is 2. The van der Waals surface area contributed by atoms with Gasteiger partial charge >= 0.3 is 5.97 Å². The summed E-state index contributed by atoms with van der Waals surface area (Å²) in [4.78, 5) is 10.9. The summed E-state index contributed by atoms with van der Waals surface area (Å²) in [5.41, 5.74) is 4.68. The monoisotopic (exact) mass is 215 g/mol. The third-order valence-corrected chi connectivity index (χ3v) is 2.99. The smallest absolute Gasteiger partial charge is 0.323 e. The van der Waals surface area contributed by atoms with Crippen LogP contribution in [0.5, 0.6) is 0 Å². The Bertz CT molecular complexity index is 190. The number of carboxylic acids is 1. The summed E-state index contributed by atoms with van der Waals surface area (Å²) < 4.78 is 0. The van der Waals surface area contributed by atoms with Gasteiger partial charge in [0.25, 0.3) is 0 Å². The molecule has 0 heterocycles. The van der Waals surface area contributed by atoms with E-state index in [9.17, 15) is 4.79 Å². The Morgan fingerprint density at radius 2 is 2.00 bits per heavy atom. The standard InChI is InChI=1S/C12H25NO2/c1-4-6-7-8-10(5-2)9-12(3,13)11(14)15/h10H,4-9,13H2,1-3H3,(H,14,15). The number of unbranched alkanes of at least 4 members (excludes halogenated alkanes) is 2. The summed E-state index contributed by atoms with van der Waals surface area (Å²) in [6.07, 6.45) is 6.32. The van der Waals surface area contributed by atoms with Gasteiger partial charge in [-0.2, -0.15) is 0 Å². The van der Waals surface area contributed by atoms with Crippen LogP contribution in [-0.4, -0.2) is 16.6 Å². The van der Waals surface area contributed by atoms with Gasteiger partial charge < -0.3 is 10.8 Å². The van der Waals surface area contributed by atoms with E-state index in [0.29, 0.717) is 12.3 Å². The lowest BCUT2D eigenvalue weighted by Gasteiger charge is -2.25. The maximum atomic E-state index is 10.9. The van der Waals surface area contributed by atoms with Crippen LogP contribution >= 0.6 is 0 Å². The average Bonchev–Trinajstić information content (AvgIpc) is 2.16. The van der Waals surface area contributed by atoms with Gasteiger partial charge in [0.15, 0.2) is 0 Å². The zero-order chi connectivity index (χ0) is 11.9. The Kier molecular flexibility index (Phi) is 6.57. The first-order valence-electron chi connectivity index (χ1n) is 5.96. The van der Waals surface area contributed by atoms with E-state index in [1.165, 1.54) is 19.3 Å². The van der Waals surface area contributed by atoms with Crippen molar-refractivity contribution in [2.24, 2.45) is 11.7 Å². The fraction of sp³-hybridized carbons (Fsp3) is 0.917. The molecule has 0 rings (SSSR count). The second-order valence-electron chi connectivity index (χ2n) is 4.70. The fourth-order valence-electron chi connectivity index (χ4n) is 1.82. The van der Waals surface area contributed by atoms with Gasteiger partial charge in [-0.05, 0) is 19.3 Å². The molecule has 0 aliphatic rings. The quantitative estimate of drug-likeness (QED) is 0.612. The van der Waals surface area contributed by atoms with Crippen LogP contribution in [0.2, 0.25) is 0 Å². The topological polar surface area (TPSA) is 63.3 Å². The molecule has 3 N–H and O–H groups in total. The normalized spacial score (nSPS) is 17.1. The van der Waals surface area contributed by atoms with Gasteiger partial charge in [-0.25, -0.2) is 0 Å². The molecular formula is C12H25NO2. The number of carboxylic acid groups (broad SMARTS) is 1. The van der Waals surface area contributed by atoms with Crippen LogP contribution in [0, 0.1) is 5.92 Å². The van der Waals surface area contributed by atoms with Crippen LogP contribution in [0.3, 0.4) is 0 Å². The molecule has 15 heavy (non-hydrogen) atoms. The van der Waals surface area contributed by atoms with E-state index in [1.54, 1.807) is 6.92 Å². The summed E-state index contributed by atoms with van der Waals surface area (Å²) in [7, 11) is 0. The highest BCUT2D eigenvalue weighted by Gasteiger charge is 2.30. The van der Waals surface area contributed by atoms with Crippen molar-refractivity contribution in [3.63, 3.8) is 0 Å². The molecule has 0 aromatic heterocycles. The lowest BCUT2D eigenvalue weighted by molar-refractivity contribution is -0.143. The number of nitrogens with two attached hydrogens (primary N) is 1. The van der Waals surface area contributed by atoms with Gasteiger partial charge in [-0.1, -0.05) is 46.0 Å². The van der Waals surface area contributed by atoms with Crippen molar-refractivity contribution >= 4 is 5.97 Å². The summed E-state index contributed by atoms with van der Waals surface area (Å²) in [5, 5.41) is 8.93. The molecule has 2 unspecified atom stereocenters. The molecule has 0 aliphatic carbocycles. The molecule has 0 fully saturated rings. The van der Waals surface area contributed by atoms with Crippen molar-refractivity contribution in [2.45, 2.75) is 64.8 Å². The Morgan fingerprint density at radius 1 is 1.40 bits per heavy atom. The van der Waals surface area contributed by atoms with Crippen LogP contribution in [-0.2, 0) is 4.79 Å². The van der Waals surface area contributed by atoms with Crippen molar-refractivity contribution in [1.82, 2.24) is 0 Å². The minimum Gasteiger partial charge on any atom is -0.480 e. The first-order chi connectivity index (χ1) is 6.94. The zero-order valence-electron chi connectivity index (χ0n) is 10.3. The van der Waals surface area contributed by atoms with E-state index in [0.717, 1.165) is 12.8 Å². The van der Waals surface area contributed by atoms with Gasteiger partial charge in [-0.3, -0.25) is 4.79 Å². The van der Waals surface area contributed by atoms with Crippen LogP contribution in [0.1, 0.15) is 59.3 Å². The predicted molar refractivity (Wildman–Crippen MR) is 62.8 cm³/mol. The largest absolute Gasteiger partial charge is 0.480 e. The maximum Gasteiger partial charge on any atom is 0.323 e. The van der Waals surface area contributed by atoms with Gasteiger partial charge in [0.2, 0.25) is 0 Å².